The number of hydrogen-bond acceptors (Lipinski definition) is 4. The van der Waals surface area contributed by atoms with Gasteiger partial charge in [-0.2, -0.15) is 0 Å². The summed E-state index contributed by atoms with van der Waals surface area (Å²) >= 11 is 0. The number of ether oxygens (including phenoxy) is 2. The number of amides is 1. The molecule has 122 valence electrons. The van der Waals surface area contributed by atoms with Crippen molar-refractivity contribution in [3.63, 3.8) is 0 Å². The molecule has 0 fully saturated rings. The summed E-state index contributed by atoms with van der Waals surface area (Å²) < 4.78 is 10.4. The van der Waals surface area contributed by atoms with Crippen LogP contribution in [0.3, 0.4) is 0 Å². The van der Waals surface area contributed by atoms with Crippen molar-refractivity contribution in [3.8, 4) is 5.75 Å². The Morgan fingerprint density at radius 1 is 1.13 bits per heavy atom. The molecule has 0 saturated heterocycles. The lowest BCUT2D eigenvalue weighted by atomic mass is 10.1. The number of carbonyl (C=O) groups excluding carboxylic acids is 1. The molecule has 0 spiro atoms. The Morgan fingerprint density at radius 3 is 2.35 bits per heavy atom. The van der Waals surface area contributed by atoms with Crippen LogP contribution in [0.4, 0.5) is 4.79 Å². The third-order valence-corrected chi connectivity index (χ3v) is 3.63. The van der Waals surface area contributed by atoms with Crippen molar-refractivity contribution in [1.29, 1.82) is 0 Å². The topological polar surface area (TPSA) is 59.0 Å². The van der Waals surface area contributed by atoms with E-state index < -0.39 is 12.1 Å². The predicted octanol–water partition coefficient (Wildman–Crippen LogP) is 3.00. The van der Waals surface area contributed by atoms with Crippen LogP contribution in [-0.4, -0.2) is 36.9 Å². The fraction of sp³-hybridized carbons (Fsp3) is 0.278. The molecule has 0 bridgehead atoms. The number of rotatable bonds is 6. The Kier molecular flexibility index (Phi) is 6.00. The molecule has 1 atom stereocenters. The number of hydrogen-bond donors (Lipinski definition) is 1. The van der Waals surface area contributed by atoms with E-state index in [9.17, 15) is 9.90 Å². The lowest BCUT2D eigenvalue weighted by molar-refractivity contribution is 0.0759. The minimum absolute atomic E-state index is 0.191. The van der Waals surface area contributed by atoms with Gasteiger partial charge < -0.3 is 19.5 Å². The second kappa shape index (κ2) is 8.19. The van der Waals surface area contributed by atoms with Gasteiger partial charge in [0.1, 0.15) is 12.4 Å². The van der Waals surface area contributed by atoms with Gasteiger partial charge in [-0.25, -0.2) is 4.79 Å². The van der Waals surface area contributed by atoms with Gasteiger partial charge in [-0.05, 0) is 23.3 Å². The number of methoxy groups -OCH3 is 1. The Morgan fingerprint density at radius 2 is 1.78 bits per heavy atom. The van der Waals surface area contributed by atoms with Crippen LogP contribution in [0.2, 0.25) is 0 Å². The SMILES string of the molecule is COc1ccc(C(CO)N(C)C(=O)OCc2ccccc2)cc1. The van der Waals surface area contributed by atoms with Gasteiger partial charge in [0.15, 0.2) is 0 Å². The maximum absolute atomic E-state index is 12.2. The van der Waals surface area contributed by atoms with Crippen LogP contribution in [0.25, 0.3) is 0 Å². The van der Waals surface area contributed by atoms with Crippen LogP contribution in [0.15, 0.2) is 54.6 Å². The quantitative estimate of drug-likeness (QED) is 0.890. The predicted molar refractivity (Wildman–Crippen MR) is 87.2 cm³/mol. The lowest BCUT2D eigenvalue weighted by Crippen LogP contribution is -2.33. The van der Waals surface area contributed by atoms with Crippen molar-refractivity contribution in [1.82, 2.24) is 4.90 Å². The summed E-state index contributed by atoms with van der Waals surface area (Å²) in [4.78, 5) is 13.6. The average molecular weight is 315 g/mol. The van der Waals surface area contributed by atoms with Crippen molar-refractivity contribution in [2.75, 3.05) is 20.8 Å². The van der Waals surface area contributed by atoms with Crippen molar-refractivity contribution in [2.24, 2.45) is 0 Å². The molecule has 0 aliphatic carbocycles. The fourth-order valence-corrected chi connectivity index (χ4v) is 2.23. The van der Waals surface area contributed by atoms with Gasteiger partial charge in [0, 0.05) is 7.05 Å². The first-order chi connectivity index (χ1) is 11.2. The third-order valence-electron chi connectivity index (χ3n) is 3.63. The van der Waals surface area contributed by atoms with E-state index in [1.165, 1.54) is 4.90 Å². The summed E-state index contributed by atoms with van der Waals surface area (Å²) in [5, 5.41) is 9.63. The largest absolute Gasteiger partial charge is 0.497 e. The number of likely N-dealkylation sites (N-methyl/N-ethyl adjacent to an activating group) is 1. The molecule has 0 radical (unpaired) electrons. The van der Waals surface area contributed by atoms with E-state index in [0.717, 1.165) is 16.9 Å². The molecule has 2 aromatic carbocycles. The molecule has 2 rings (SSSR count). The van der Waals surface area contributed by atoms with Crippen LogP contribution in [0.1, 0.15) is 17.2 Å². The molecule has 0 aliphatic heterocycles. The van der Waals surface area contributed by atoms with Crippen molar-refractivity contribution in [2.45, 2.75) is 12.6 Å². The van der Waals surface area contributed by atoms with Gasteiger partial charge in [-0.1, -0.05) is 42.5 Å². The summed E-state index contributed by atoms with van der Waals surface area (Å²) in [6.07, 6.45) is -0.483. The molecular formula is C18H21NO4. The average Bonchev–Trinajstić information content (AvgIpc) is 2.61. The fourth-order valence-electron chi connectivity index (χ4n) is 2.23. The summed E-state index contributed by atoms with van der Waals surface area (Å²) in [6, 6.07) is 16.2. The highest BCUT2D eigenvalue weighted by Gasteiger charge is 2.22. The number of nitrogens with zero attached hydrogens (tertiary/aromatic N) is 1. The van der Waals surface area contributed by atoms with Gasteiger partial charge in [0.05, 0.1) is 19.8 Å². The summed E-state index contributed by atoms with van der Waals surface area (Å²) in [5.41, 5.74) is 1.73. The van der Waals surface area contributed by atoms with Crippen molar-refractivity contribution < 1.29 is 19.4 Å². The molecule has 23 heavy (non-hydrogen) atoms. The monoisotopic (exact) mass is 315 g/mol. The van der Waals surface area contributed by atoms with Crippen LogP contribution in [0.5, 0.6) is 5.75 Å². The smallest absolute Gasteiger partial charge is 0.410 e. The van der Waals surface area contributed by atoms with Gasteiger partial charge in [-0.3, -0.25) is 0 Å². The van der Waals surface area contributed by atoms with Crippen molar-refractivity contribution in [3.05, 3.63) is 65.7 Å². The van der Waals surface area contributed by atoms with Crippen LogP contribution >= 0.6 is 0 Å². The van der Waals surface area contributed by atoms with E-state index in [0.29, 0.717) is 0 Å². The molecule has 5 heteroatoms. The highest BCUT2D eigenvalue weighted by atomic mass is 16.6. The number of carbonyl (C=O) groups is 1. The summed E-state index contributed by atoms with van der Waals surface area (Å²) in [6.45, 7) is 0.00798. The minimum Gasteiger partial charge on any atom is -0.497 e. The second-order valence-corrected chi connectivity index (χ2v) is 5.12. The zero-order chi connectivity index (χ0) is 16.7. The van der Waals surface area contributed by atoms with E-state index in [2.05, 4.69) is 0 Å². The summed E-state index contributed by atoms with van der Waals surface area (Å²) in [5.74, 6) is 0.722. The molecule has 5 nitrogen and oxygen atoms in total. The minimum atomic E-state index is -0.483. The molecule has 0 saturated carbocycles. The van der Waals surface area contributed by atoms with E-state index in [1.54, 1.807) is 26.3 Å². The first-order valence-corrected chi connectivity index (χ1v) is 7.34. The first kappa shape index (κ1) is 16.8. The highest BCUT2D eigenvalue weighted by molar-refractivity contribution is 5.68. The Bertz CT molecular complexity index is 613. The Balaban J connectivity index is 2.00. The van der Waals surface area contributed by atoms with Gasteiger partial charge in [0.25, 0.3) is 0 Å². The van der Waals surface area contributed by atoms with Crippen molar-refractivity contribution >= 4 is 6.09 Å². The Labute approximate surface area is 136 Å². The standard InChI is InChI=1S/C18H21NO4/c1-19(18(21)23-13-14-6-4-3-5-7-14)17(12-20)15-8-10-16(22-2)11-9-15/h3-11,17,20H,12-13H2,1-2H3. The van der Waals surface area contributed by atoms with Crippen LogP contribution in [0, 0.1) is 0 Å². The molecule has 2 aromatic rings. The second-order valence-electron chi connectivity index (χ2n) is 5.12. The third kappa shape index (κ3) is 4.47. The van der Waals surface area contributed by atoms with Gasteiger partial charge in [-0.15, -0.1) is 0 Å². The Hall–Kier alpha value is -2.53. The van der Waals surface area contributed by atoms with E-state index in [4.69, 9.17) is 9.47 Å². The molecule has 0 aliphatic rings. The maximum Gasteiger partial charge on any atom is 0.410 e. The van der Waals surface area contributed by atoms with E-state index >= 15 is 0 Å². The number of aliphatic hydroxyl groups is 1. The molecular weight excluding hydrogens is 294 g/mol. The maximum atomic E-state index is 12.2. The molecule has 1 N–H and O–H groups in total. The van der Waals surface area contributed by atoms with Crippen LogP contribution < -0.4 is 4.74 Å². The number of aliphatic hydroxyl groups excluding tert-OH is 1. The van der Waals surface area contributed by atoms with E-state index in [1.807, 2.05) is 42.5 Å². The van der Waals surface area contributed by atoms with Gasteiger partial charge >= 0.3 is 6.09 Å². The van der Waals surface area contributed by atoms with Crippen LogP contribution in [-0.2, 0) is 11.3 Å². The number of benzene rings is 2. The molecule has 0 aromatic heterocycles. The molecule has 1 unspecified atom stereocenters. The van der Waals surface area contributed by atoms with E-state index in [-0.39, 0.29) is 13.2 Å². The normalized spacial score (nSPS) is 11.6. The molecule has 0 heterocycles. The van der Waals surface area contributed by atoms with Gasteiger partial charge in [0.2, 0.25) is 0 Å². The summed E-state index contributed by atoms with van der Waals surface area (Å²) in [7, 11) is 3.20. The lowest BCUT2D eigenvalue weighted by Gasteiger charge is -2.26. The zero-order valence-corrected chi connectivity index (χ0v) is 13.3. The first-order valence-electron chi connectivity index (χ1n) is 7.34. The zero-order valence-electron chi connectivity index (χ0n) is 13.3. The molecule has 1 amide bonds. The highest BCUT2D eigenvalue weighted by Crippen LogP contribution is 2.22.